The molecule has 0 spiro atoms. The molecule has 0 aliphatic carbocycles. The average molecular weight is 964 g/mol. The summed E-state index contributed by atoms with van der Waals surface area (Å²) >= 11 is 0. The largest absolute Gasteiger partial charge is 0.462 e. The molecule has 0 aromatic heterocycles. The van der Waals surface area contributed by atoms with Gasteiger partial charge in [0.15, 0.2) is 12.2 Å². The minimum atomic E-state index is -1.04. The van der Waals surface area contributed by atoms with Gasteiger partial charge in [0, 0.05) is 19.3 Å². The van der Waals surface area contributed by atoms with E-state index in [9.17, 15) is 19.5 Å². The van der Waals surface area contributed by atoms with E-state index in [1.807, 2.05) is 0 Å². The van der Waals surface area contributed by atoms with Gasteiger partial charge in [0.2, 0.25) is 0 Å². The van der Waals surface area contributed by atoms with Gasteiger partial charge in [-0.1, -0.05) is 290 Å². The van der Waals surface area contributed by atoms with Crippen LogP contribution in [0, 0.1) is 0 Å². The SMILES string of the molecule is CCCCCCCCCCCCCCCCCC(=O)OC[C@H](OC(=O)CCCCCCCCCCCCCCCCC)[C@H]1OC[C@@H](O)[C@@H]1OC(=O)CCCCCCCCCCCCCCCCC. The predicted molar refractivity (Wildman–Crippen MR) is 285 cm³/mol. The van der Waals surface area contributed by atoms with Crippen LogP contribution in [-0.4, -0.2) is 60.6 Å². The summed E-state index contributed by atoms with van der Waals surface area (Å²) in [6.07, 6.45) is 53.4. The highest BCUT2D eigenvalue weighted by atomic mass is 16.6. The van der Waals surface area contributed by atoms with Gasteiger partial charge in [-0.2, -0.15) is 0 Å². The Morgan fingerprint density at radius 1 is 0.397 bits per heavy atom. The van der Waals surface area contributed by atoms with E-state index in [2.05, 4.69) is 20.8 Å². The smallest absolute Gasteiger partial charge is 0.306 e. The topological polar surface area (TPSA) is 108 Å². The number of carbonyl (C=O) groups is 3. The minimum absolute atomic E-state index is 0.0399. The van der Waals surface area contributed by atoms with Gasteiger partial charge in [0.1, 0.15) is 18.8 Å². The lowest BCUT2D eigenvalue weighted by Crippen LogP contribution is -2.46. The van der Waals surface area contributed by atoms with Crippen LogP contribution in [0.1, 0.15) is 329 Å². The van der Waals surface area contributed by atoms with Gasteiger partial charge < -0.3 is 24.1 Å². The molecule has 68 heavy (non-hydrogen) atoms. The fourth-order valence-electron chi connectivity index (χ4n) is 9.89. The number of ether oxygens (including phenoxy) is 4. The van der Waals surface area contributed by atoms with Crippen molar-refractivity contribution in [3.05, 3.63) is 0 Å². The van der Waals surface area contributed by atoms with Crippen molar-refractivity contribution in [3.8, 4) is 0 Å². The summed E-state index contributed by atoms with van der Waals surface area (Å²) < 4.78 is 23.4. The van der Waals surface area contributed by atoms with E-state index in [1.165, 1.54) is 231 Å². The average Bonchev–Trinajstić information content (AvgIpc) is 3.69. The number of carbonyl (C=O) groups excluding carboxylic acids is 3. The molecule has 0 radical (unpaired) electrons. The van der Waals surface area contributed by atoms with Gasteiger partial charge in [-0.3, -0.25) is 14.4 Å². The second kappa shape index (κ2) is 50.3. The summed E-state index contributed by atoms with van der Waals surface area (Å²) in [5.41, 5.74) is 0. The number of hydrogen-bond donors (Lipinski definition) is 1. The first-order valence-electron chi connectivity index (χ1n) is 30.3. The molecule has 1 heterocycles. The third-order valence-electron chi connectivity index (χ3n) is 14.4. The zero-order valence-electron chi connectivity index (χ0n) is 45.5. The molecule has 8 nitrogen and oxygen atoms in total. The lowest BCUT2D eigenvalue weighted by molar-refractivity contribution is -0.177. The van der Waals surface area contributed by atoms with E-state index >= 15 is 0 Å². The second-order valence-corrected chi connectivity index (χ2v) is 21.1. The van der Waals surface area contributed by atoms with E-state index in [0.717, 1.165) is 57.8 Å². The Balaban J connectivity index is 2.45. The Morgan fingerprint density at radius 3 is 0.971 bits per heavy atom. The van der Waals surface area contributed by atoms with Crippen LogP contribution in [0.3, 0.4) is 0 Å². The number of esters is 3. The van der Waals surface area contributed by atoms with Gasteiger partial charge in [0.25, 0.3) is 0 Å². The number of aliphatic hydroxyl groups is 1. The summed E-state index contributed by atoms with van der Waals surface area (Å²) in [4.78, 5) is 39.2. The Bertz CT molecular complexity index is 1100. The van der Waals surface area contributed by atoms with Crippen LogP contribution in [0.4, 0.5) is 0 Å². The lowest BCUT2D eigenvalue weighted by atomic mass is 10.0. The summed E-state index contributed by atoms with van der Waals surface area (Å²) in [5, 5.41) is 10.9. The molecule has 1 aliphatic heterocycles. The highest BCUT2D eigenvalue weighted by Gasteiger charge is 2.46. The van der Waals surface area contributed by atoms with Crippen LogP contribution < -0.4 is 0 Å². The first kappa shape index (κ1) is 64.3. The zero-order valence-corrected chi connectivity index (χ0v) is 45.5. The van der Waals surface area contributed by atoms with Crippen molar-refractivity contribution >= 4 is 17.9 Å². The standard InChI is InChI=1S/C60H114O8/c1-4-7-10-13-16-19-22-25-28-31-34-37-40-43-46-49-56(62)65-53-55(67-57(63)50-47-44-41-38-35-32-29-26-23-20-17-14-11-8-5-2)60-59(54(61)52-66-60)68-58(64)51-48-45-42-39-36-33-30-27-24-21-18-15-12-9-6-3/h54-55,59-61H,4-53H2,1-3H3/t54-,55+,59+,60-/m1/s1. The van der Waals surface area contributed by atoms with Crippen LogP contribution in [0.25, 0.3) is 0 Å². The Labute approximate surface area is 421 Å². The first-order chi connectivity index (χ1) is 33.4. The van der Waals surface area contributed by atoms with Crippen LogP contribution in [-0.2, 0) is 33.3 Å². The number of hydrogen-bond acceptors (Lipinski definition) is 8. The van der Waals surface area contributed by atoms with Crippen LogP contribution >= 0.6 is 0 Å². The van der Waals surface area contributed by atoms with Crippen LogP contribution in [0.2, 0.25) is 0 Å². The second-order valence-electron chi connectivity index (χ2n) is 21.1. The Hall–Kier alpha value is -1.67. The van der Waals surface area contributed by atoms with Crippen molar-refractivity contribution in [2.45, 2.75) is 353 Å². The summed E-state index contributed by atoms with van der Waals surface area (Å²) in [6, 6.07) is 0. The van der Waals surface area contributed by atoms with E-state index in [4.69, 9.17) is 18.9 Å². The van der Waals surface area contributed by atoms with Crippen molar-refractivity contribution < 1.29 is 38.4 Å². The van der Waals surface area contributed by atoms with Crippen molar-refractivity contribution in [2.75, 3.05) is 13.2 Å². The molecule has 0 aromatic rings. The molecule has 0 aromatic carbocycles. The molecule has 0 unspecified atom stereocenters. The number of aliphatic hydroxyl groups excluding tert-OH is 1. The minimum Gasteiger partial charge on any atom is -0.462 e. The molecule has 402 valence electrons. The van der Waals surface area contributed by atoms with Gasteiger partial charge in [-0.25, -0.2) is 0 Å². The van der Waals surface area contributed by atoms with Gasteiger partial charge >= 0.3 is 17.9 Å². The highest BCUT2D eigenvalue weighted by Crippen LogP contribution is 2.26. The number of rotatable bonds is 53. The van der Waals surface area contributed by atoms with Gasteiger partial charge in [-0.15, -0.1) is 0 Å². The molecule has 0 saturated carbocycles. The predicted octanol–water partition coefficient (Wildman–Crippen LogP) is 17.9. The van der Waals surface area contributed by atoms with Crippen LogP contribution in [0.15, 0.2) is 0 Å². The molecule has 1 saturated heterocycles. The molecule has 1 N–H and O–H groups in total. The summed E-state index contributed by atoms with van der Waals surface area (Å²) in [7, 11) is 0. The summed E-state index contributed by atoms with van der Waals surface area (Å²) in [6.45, 7) is 6.58. The molecule has 0 bridgehead atoms. The zero-order chi connectivity index (χ0) is 49.2. The maximum atomic E-state index is 13.2. The fraction of sp³-hybridized carbons (Fsp3) is 0.950. The molecule has 1 aliphatic rings. The fourth-order valence-corrected chi connectivity index (χ4v) is 9.89. The normalized spacial score (nSPS) is 16.3. The third kappa shape index (κ3) is 41.0. The molecule has 4 atom stereocenters. The van der Waals surface area contributed by atoms with E-state index < -0.39 is 24.4 Å². The Kier molecular flexibility index (Phi) is 47.6. The number of unbranched alkanes of at least 4 members (excludes halogenated alkanes) is 42. The molecule has 1 rings (SSSR count). The van der Waals surface area contributed by atoms with Crippen molar-refractivity contribution in [1.82, 2.24) is 0 Å². The lowest BCUT2D eigenvalue weighted by Gasteiger charge is -2.28. The van der Waals surface area contributed by atoms with E-state index in [1.54, 1.807) is 0 Å². The summed E-state index contributed by atoms with van der Waals surface area (Å²) in [5.74, 6) is -1.09. The quantitative estimate of drug-likeness (QED) is 0.0365. The van der Waals surface area contributed by atoms with Crippen molar-refractivity contribution in [3.63, 3.8) is 0 Å². The van der Waals surface area contributed by atoms with E-state index in [0.29, 0.717) is 6.42 Å². The van der Waals surface area contributed by atoms with Crippen LogP contribution in [0.5, 0.6) is 0 Å². The molecular weight excluding hydrogens is 849 g/mol. The van der Waals surface area contributed by atoms with Crippen molar-refractivity contribution in [2.24, 2.45) is 0 Å². The Morgan fingerprint density at radius 2 is 0.662 bits per heavy atom. The monoisotopic (exact) mass is 963 g/mol. The van der Waals surface area contributed by atoms with Crippen molar-refractivity contribution in [1.29, 1.82) is 0 Å². The molecule has 0 amide bonds. The molecule has 8 heteroatoms. The third-order valence-corrected chi connectivity index (χ3v) is 14.4. The maximum absolute atomic E-state index is 13.2. The molecule has 1 fully saturated rings. The molecular formula is C60H114O8. The highest BCUT2D eigenvalue weighted by molar-refractivity contribution is 5.71. The van der Waals surface area contributed by atoms with Gasteiger partial charge in [0.05, 0.1) is 6.61 Å². The van der Waals surface area contributed by atoms with Gasteiger partial charge in [-0.05, 0) is 19.3 Å². The maximum Gasteiger partial charge on any atom is 0.306 e. The first-order valence-corrected chi connectivity index (χ1v) is 30.3. The van der Waals surface area contributed by atoms with E-state index in [-0.39, 0.29) is 44.0 Å².